The van der Waals surface area contributed by atoms with Gasteiger partial charge >= 0.3 is 11.4 Å². The van der Waals surface area contributed by atoms with Crippen molar-refractivity contribution >= 4 is 40.1 Å². The highest BCUT2D eigenvalue weighted by atomic mass is 32.2. The van der Waals surface area contributed by atoms with Crippen LogP contribution in [0.1, 0.15) is 29.4 Å². The molecule has 0 radical (unpaired) electrons. The lowest BCUT2D eigenvalue weighted by Gasteiger charge is -2.14. The van der Waals surface area contributed by atoms with Crippen molar-refractivity contribution < 1.29 is 21.6 Å². The smallest absolute Gasteiger partial charge is 0.301 e. The normalized spacial score (nSPS) is 10.8. The summed E-state index contributed by atoms with van der Waals surface area (Å²) < 4.78 is 72.4. The topological polar surface area (TPSA) is 148 Å². The van der Waals surface area contributed by atoms with E-state index in [2.05, 4.69) is 4.72 Å². The average molecular weight is 676 g/mol. The minimum atomic E-state index is -3.69. The molecule has 0 aliphatic heterocycles. The number of nitrogens with one attached hydrogen (secondary N) is 1. The monoisotopic (exact) mass is 675 g/mol. The zero-order valence-electron chi connectivity index (χ0n) is 24.3. The average Bonchev–Trinajstić information content (AvgIpc) is 2.98. The number of hydrogen-bond donors (Lipinski definition) is 1. The zero-order valence-corrected chi connectivity index (χ0v) is 26.8. The quantitative estimate of drug-likeness (QED) is 0.307. The van der Waals surface area contributed by atoms with Gasteiger partial charge in [0.1, 0.15) is 38.9 Å². The molecular formula is C28H24F3N7O4S3. The van der Waals surface area contributed by atoms with E-state index in [9.17, 15) is 31.2 Å². The van der Waals surface area contributed by atoms with Gasteiger partial charge in [-0.2, -0.15) is 10.5 Å². The van der Waals surface area contributed by atoms with Gasteiger partial charge < -0.3 is 9.13 Å². The molecule has 0 spiro atoms. The Hall–Kier alpha value is -4.84. The first kappa shape index (κ1) is 34.6. The molecule has 0 saturated carbocycles. The Kier molecular flexibility index (Phi) is 10.3. The number of sulfonamides is 1. The van der Waals surface area contributed by atoms with Gasteiger partial charge in [0.15, 0.2) is 0 Å². The molecule has 0 bridgehead atoms. The van der Waals surface area contributed by atoms with E-state index >= 15 is 0 Å². The van der Waals surface area contributed by atoms with Gasteiger partial charge in [-0.15, -0.1) is 0 Å². The molecule has 45 heavy (non-hydrogen) atoms. The summed E-state index contributed by atoms with van der Waals surface area (Å²) in [6, 6.07) is 9.77. The van der Waals surface area contributed by atoms with Crippen molar-refractivity contribution in [2.75, 3.05) is 10.5 Å². The Morgan fingerprint density at radius 3 is 1.60 bits per heavy atom. The summed E-state index contributed by atoms with van der Waals surface area (Å²) in [6.45, 7) is 4.78. The molecule has 0 aliphatic carbocycles. The summed E-state index contributed by atoms with van der Waals surface area (Å²) in [4.78, 5) is 24.6. The molecule has 2 aromatic carbocycles. The summed E-state index contributed by atoms with van der Waals surface area (Å²) in [5.74, 6) is -2.89. The van der Waals surface area contributed by atoms with Gasteiger partial charge in [-0.05, 0) is 51.1 Å². The number of halogens is 3. The van der Waals surface area contributed by atoms with Crippen LogP contribution in [0.4, 0.5) is 18.9 Å². The van der Waals surface area contributed by atoms with Crippen molar-refractivity contribution in [3.63, 3.8) is 0 Å². The molecule has 234 valence electrons. The molecule has 11 nitrogen and oxygen atoms in total. The van der Waals surface area contributed by atoms with Crippen LogP contribution in [0.2, 0.25) is 0 Å². The van der Waals surface area contributed by atoms with E-state index in [1.807, 2.05) is 0 Å². The van der Waals surface area contributed by atoms with Crippen LogP contribution < -0.4 is 16.1 Å². The fraction of sp³-hybridized carbons (Fsp3) is 0.214. The van der Waals surface area contributed by atoms with Crippen LogP contribution in [0.5, 0.6) is 0 Å². The third kappa shape index (κ3) is 7.12. The van der Waals surface area contributed by atoms with Gasteiger partial charge in [0.25, 0.3) is 0 Å². The molecule has 2 heterocycles. The summed E-state index contributed by atoms with van der Waals surface area (Å²) in [5.41, 5.74) is -1.28. The van der Waals surface area contributed by atoms with Crippen LogP contribution in [-0.2, 0) is 24.1 Å². The largest absolute Gasteiger partial charge is 0.333 e. The highest BCUT2D eigenvalue weighted by Gasteiger charge is 2.18. The van der Waals surface area contributed by atoms with E-state index in [4.69, 9.17) is 35.0 Å². The fourth-order valence-corrected chi connectivity index (χ4v) is 5.20. The lowest BCUT2D eigenvalue weighted by Crippen LogP contribution is -2.30. The summed E-state index contributed by atoms with van der Waals surface area (Å²) in [7, 11) is -0.688. The summed E-state index contributed by atoms with van der Waals surface area (Å²) >= 11 is 10.2. The van der Waals surface area contributed by atoms with Gasteiger partial charge in [-0.1, -0.05) is 24.4 Å². The number of nitriles is 2. The highest BCUT2D eigenvalue weighted by Crippen LogP contribution is 2.24. The predicted molar refractivity (Wildman–Crippen MR) is 166 cm³/mol. The molecule has 0 saturated heterocycles. The van der Waals surface area contributed by atoms with Crippen molar-refractivity contribution in [3.05, 3.63) is 107 Å². The van der Waals surface area contributed by atoms with Gasteiger partial charge in [-0.3, -0.25) is 4.72 Å². The predicted octanol–water partition coefficient (Wildman–Crippen LogP) is 4.35. The molecule has 0 fully saturated rings. The molecule has 0 aliphatic rings. The number of benzene rings is 2. The fourth-order valence-electron chi connectivity index (χ4n) is 3.86. The lowest BCUT2D eigenvalue weighted by atomic mass is 10.1. The number of hydrogen-bond acceptors (Lipinski definition) is 8. The van der Waals surface area contributed by atoms with E-state index in [0.717, 1.165) is 33.4 Å². The Bertz CT molecular complexity index is 2300. The van der Waals surface area contributed by atoms with Crippen molar-refractivity contribution in [1.82, 2.24) is 18.3 Å². The zero-order chi connectivity index (χ0) is 34.0. The third-order valence-electron chi connectivity index (χ3n) is 6.61. The first-order valence-electron chi connectivity index (χ1n) is 12.7. The number of aryl methyl sites for hydroxylation is 2. The van der Waals surface area contributed by atoms with Crippen LogP contribution >= 0.6 is 24.4 Å². The molecule has 2 aromatic heterocycles. The standard InChI is InChI=1S/C15H15FN4O3S2.C13H9F2N3OS/c1-4-25(22,23)18-12-7-13(11(16)6-10(12)8-17)20-14(24)5-9(2)19(3)15(20)21;1-7-3-12(20)18(13(19)17(7)2)11-5-9(14)8(6-16)4-10(11)15/h5-7,18H,4H2,1-3H3;3-5H,1-2H3. The van der Waals surface area contributed by atoms with Crippen LogP contribution in [0, 0.1) is 63.2 Å². The maximum Gasteiger partial charge on any atom is 0.333 e. The minimum Gasteiger partial charge on any atom is -0.301 e. The molecule has 1 N–H and O–H groups in total. The van der Waals surface area contributed by atoms with E-state index in [1.54, 1.807) is 19.9 Å². The van der Waals surface area contributed by atoms with Gasteiger partial charge in [0.2, 0.25) is 10.0 Å². The molecule has 0 unspecified atom stereocenters. The molecule has 4 aromatic rings. The SMILES string of the molecule is CCS(=O)(=O)Nc1cc(-n2c(=S)cc(C)n(C)c2=O)c(F)cc1C#N.Cc1cc(=S)n(-c2cc(F)c(C#N)cc2F)c(=O)n1C. The van der Waals surface area contributed by atoms with Crippen molar-refractivity contribution in [1.29, 1.82) is 10.5 Å². The minimum absolute atomic E-state index is 0.0634. The lowest BCUT2D eigenvalue weighted by molar-refractivity contribution is 0.582. The Morgan fingerprint density at radius 1 is 0.756 bits per heavy atom. The first-order chi connectivity index (χ1) is 21.0. The number of rotatable bonds is 5. The van der Waals surface area contributed by atoms with E-state index < -0.39 is 44.4 Å². The van der Waals surface area contributed by atoms with Gasteiger partial charge in [-0.25, -0.2) is 40.3 Å². The van der Waals surface area contributed by atoms with E-state index in [-0.39, 0.29) is 37.7 Å². The molecule has 17 heteroatoms. The molecule has 4 rings (SSSR count). The molecular weight excluding hydrogens is 652 g/mol. The van der Waals surface area contributed by atoms with Gasteiger partial charge in [0.05, 0.1) is 33.9 Å². The maximum absolute atomic E-state index is 14.5. The third-order valence-corrected chi connectivity index (χ3v) is 8.50. The van der Waals surface area contributed by atoms with Gasteiger partial charge in [0, 0.05) is 31.5 Å². The second-order valence-corrected chi connectivity index (χ2v) is 12.3. The van der Waals surface area contributed by atoms with Crippen LogP contribution in [-0.4, -0.2) is 32.4 Å². The maximum atomic E-state index is 14.5. The van der Waals surface area contributed by atoms with E-state index in [0.29, 0.717) is 11.4 Å². The Morgan fingerprint density at radius 2 is 1.18 bits per heavy atom. The second kappa shape index (κ2) is 13.4. The number of nitrogens with zero attached hydrogens (tertiary/aromatic N) is 6. The Labute approximate surface area is 265 Å². The van der Waals surface area contributed by atoms with Crippen molar-refractivity contribution in [3.8, 4) is 23.5 Å². The summed E-state index contributed by atoms with van der Waals surface area (Å²) in [5, 5.41) is 17.8. The first-order valence-corrected chi connectivity index (χ1v) is 15.2. The Balaban J connectivity index is 0.000000251. The second-order valence-electron chi connectivity index (χ2n) is 9.46. The molecule has 0 amide bonds. The molecule has 0 atom stereocenters. The van der Waals surface area contributed by atoms with Crippen LogP contribution in [0.25, 0.3) is 11.4 Å². The number of aromatic nitrogens is 4. The number of anilines is 1. The highest BCUT2D eigenvalue weighted by molar-refractivity contribution is 7.92. The van der Waals surface area contributed by atoms with Crippen molar-refractivity contribution in [2.45, 2.75) is 20.8 Å². The van der Waals surface area contributed by atoms with Crippen LogP contribution in [0.15, 0.2) is 46.0 Å². The summed E-state index contributed by atoms with van der Waals surface area (Å²) in [6.07, 6.45) is 0. The van der Waals surface area contributed by atoms with Crippen LogP contribution in [0.3, 0.4) is 0 Å². The van der Waals surface area contributed by atoms with Crippen molar-refractivity contribution in [2.24, 2.45) is 14.1 Å². The van der Waals surface area contributed by atoms with E-state index in [1.165, 1.54) is 48.4 Å².